The molecule has 0 unspecified atom stereocenters. The minimum Gasteiger partial charge on any atom is -0.393 e. The molecule has 0 aliphatic carbocycles. The quantitative estimate of drug-likeness (QED) is 0.347. The first kappa shape index (κ1) is 28.2. The van der Waals surface area contributed by atoms with Gasteiger partial charge in [0.2, 0.25) is 5.95 Å². The van der Waals surface area contributed by atoms with E-state index in [1.807, 2.05) is 32.0 Å². The fourth-order valence-electron chi connectivity index (χ4n) is 4.65. The van der Waals surface area contributed by atoms with Crippen molar-refractivity contribution >= 4 is 35.1 Å². The number of benzene rings is 2. The Bertz CT molecular complexity index is 1470. The number of likely N-dealkylation sites (tertiary alicyclic amines) is 1. The number of piperidine rings is 1. The fraction of sp³-hybridized carbons (Fsp3) is 0.300. The maximum absolute atomic E-state index is 13.9. The lowest BCUT2D eigenvalue weighted by Crippen LogP contribution is -2.41. The highest BCUT2D eigenvalue weighted by Gasteiger charge is 2.29. The number of nitrogens with zero attached hydrogens (tertiary/aromatic N) is 5. The zero-order chi connectivity index (χ0) is 28.6. The van der Waals surface area contributed by atoms with E-state index in [1.165, 1.54) is 13.2 Å². The van der Waals surface area contributed by atoms with Gasteiger partial charge < -0.3 is 25.4 Å². The summed E-state index contributed by atoms with van der Waals surface area (Å²) in [5.74, 6) is 0.338. The van der Waals surface area contributed by atoms with Gasteiger partial charge >= 0.3 is 0 Å². The van der Waals surface area contributed by atoms with Crippen molar-refractivity contribution in [2.24, 2.45) is 0 Å². The molecule has 1 aliphatic heterocycles. The third-order valence-corrected chi connectivity index (χ3v) is 6.65. The molecule has 4 rings (SSSR count). The number of aromatic nitrogens is 2. The van der Waals surface area contributed by atoms with Gasteiger partial charge in [0.05, 0.1) is 36.1 Å². The van der Waals surface area contributed by atoms with E-state index in [4.69, 9.17) is 20.2 Å². The second kappa shape index (κ2) is 12.9. The lowest BCUT2D eigenvalue weighted by Gasteiger charge is -2.30. The summed E-state index contributed by atoms with van der Waals surface area (Å²) in [7, 11) is 1.54. The van der Waals surface area contributed by atoms with Crippen molar-refractivity contribution < 1.29 is 14.6 Å². The summed E-state index contributed by atoms with van der Waals surface area (Å²) >= 11 is 0. The van der Waals surface area contributed by atoms with Crippen molar-refractivity contribution in [1.82, 2.24) is 14.9 Å². The Labute approximate surface area is 233 Å². The number of rotatable bonds is 8. The monoisotopic (exact) mass is 537 g/mol. The number of amides is 1. The van der Waals surface area contributed by atoms with E-state index in [0.717, 1.165) is 22.4 Å². The van der Waals surface area contributed by atoms with Gasteiger partial charge in [-0.1, -0.05) is 0 Å². The third kappa shape index (κ3) is 6.62. The topological polar surface area (TPSA) is 147 Å². The SMILES string of the molecule is COCc1nc(Nc2ccc(C#N)cc2)nc(Nc2c(C)cc(/C=C/C#N)cc2C)c1C(=O)N1CCC(O)CC1. The number of hydrogen-bond acceptors (Lipinski definition) is 9. The largest absolute Gasteiger partial charge is 0.393 e. The van der Waals surface area contributed by atoms with Crippen LogP contribution in [0.2, 0.25) is 0 Å². The van der Waals surface area contributed by atoms with Crippen LogP contribution in [0.5, 0.6) is 0 Å². The Kier molecular flexibility index (Phi) is 9.07. The standard InChI is InChI=1S/C30H31N7O3/c1-19-15-22(5-4-12-31)16-20(2)27(19)35-28-26(29(39)37-13-10-24(38)11-14-37)25(18-40-3)34-30(36-28)33-23-8-6-21(17-32)7-9-23/h4-9,15-16,24,38H,10-11,13-14,18H2,1-3H3,(H2,33,34,35,36)/b5-4+. The average Bonchev–Trinajstić information content (AvgIpc) is 2.94. The number of ether oxygens (including phenoxy) is 1. The highest BCUT2D eigenvalue weighted by Crippen LogP contribution is 2.31. The maximum Gasteiger partial charge on any atom is 0.259 e. The van der Waals surface area contributed by atoms with Gasteiger partial charge in [-0.2, -0.15) is 15.5 Å². The summed E-state index contributed by atoms with van der Waals surface area (Å²) < 4.78 is 5.44. The van der Waals surface area contributed by atoms with Crippen molar-refractivity contribution in [3.8, 4) is 12.1 Å². The van der Waals surface area contributed by atoms with E-state index in [-0.39, 0.29) is 18.5 Å². The van der Waals surface area contributed by atoms with Crippen molar-refractivity contribution in [2.75, 3.05) is 30.8 Å². The second-order valence-electron chi connectivity index (χ2n) is 9.61. The number of aryl methyl sites for hydroxylation is 2. The number of nitriles is 2. The molecule has 2 aromatic carbocycles. The summed E-state index contributed by atoms with van der Waals surface area (Å²) in [6.07, 6.45) is 3.75. The van der Waals surface area contributed by atoms with Gasteiger partial charge in [-0.05, 0) is 85.9 Å². The van der Waals surface area contributed by atoms with Gasteiger partial charge in [0, 0.05) is 37.7 Å². The Morgan fingerprint density at radius 3 is 2.40 bits per heavy atom. The molecule has 1 saturated heterocycles. The van der Waals surface area contributed by atoms with Crippen LogP contribution in [-0.4, -0.2) is 52.2 Å². The molecule has 10 nitrogen and oxygen atoms in total. The van der Waals surface area contributed by atoms with Crippen LogP contribution in [0.3, 0.4) is 0 Å². The van der Waals surface area contributed by atoms with Crippen molar-refractivity contribution in [3.63, 3.8) is 0 Å². The molecule has 3 aromatic rings. The van der Waals surface area contributed by atoms with Crippen LogP contribution < -0.4 is 10.6 Å². The zero-order valence-corrected chi connectivity index (χ0v) is 22.7. The predicted octanol–water partition coefficient (Wildman–Crippen LogP) is 4.73. The van der Waals surface area contributed by atoms with Gasteiger partial charge in [-0.3, -0.25) is 4.79 Å². The molecule has 1 aromatic heterocycles. The Morgan fingerprint density at radius 1 is 1.12 bits per heavy atom. The number of aliphatic hydroxyl groups is 1. The molecule has 2 heterocycles. The Balaban J connectivity index is 1.80. The van der Waals surface area contributed by atoms with Gasteiger partial charge in [0.25, 0.3) is 5.91 Å². The first-order valence-electron chi connectivity index (χ1n) is 12.9. The lowest BCUT2D eigenvalue weighted by molar-refractivity contribution is 0.0543. The number of carbonyl (C=O) groups is 1. The van der Waals surface area contributed by atoms with E-state index in [2.05, 4.69) is 21.7 Å². The van der Waals surface area contributed by atoms with Crippen LogP contribution in [0.25, 0.3) is 6.08 Å². The molecule has 0 bridgehead atoms. The highest BCUT2D eigenvalue weighted by atomic mass is 16.5. The van der Waals surface area contributed by atoms with Crippen molar-refractivity contribution in [3.05, 3.63) is 76.0 Å². The molecule has 3 N–H and O–H groups in total. The maximum atomic E-state index is 13.9. The molecule has 204 valence electrons. The number of aliphatic hydroxyl groups excluding tert-OH is 1. The lowest BCUT2D eigenvalue weighted by atomic mass is 10.0. The molecule has 0 spiro atoms. The molecule has 0 atom stereocenters. The summed E-state index contributed by atoms with van der Waals surface area (Å²) in [5, 5.41) is 34.5. The van der Waals surface area contributed by atoms with Crippen LogP contribution in [-0.2, 0) is 11.3 Å². The van der Waals surface area contributed by atoms with Gasteiger partial charge in [0.1, 0.15) is 11.4 Å². The predicted molar refractivity (Wildman–Crippen MR) is 152 cm³/mol. The van der Waals surface area contributed by atoms with Crippen molar-refractivity contribution in [1.29, 1.82) is 10.5 Å². The van der Waals surface area contributed by atoms with E-state index in [1.54, 1.807) is 35.2 Å². The summed E-state index contributed by atoms with van der Waals surface area (Å²) in [6, 6.07) is 14.9. The van der Waals surface area contributed by atoms with Crippen LogP contribution in [0.15, 0.2) is 42.5 Å². The molecule has 10 heteroatoms. The number of anilines is 4. The van der Waals surface area contributed by atoms with E-state index in [9.17, 15) is 9.90 Å². The van der Waals surface area contributed by atoms with E-state index >= 15 is 0 Å². The number of nitrogens with one attached hydrogen (secondary N) is 2. The molecule has 0 saturated carbocycles. The van der Waals surface area contributed by atoms with E-state index < -0.39 is 6.10 Å². The zero-order valence-electron chi connectivity index (χ0n) is 22.7. The molecule has 1 aliphatic rings. The molecule has 1 fully saturated rings. The number of carbonyl (C=O) groups excluding carboxylic acids is 1. The summed E-state index contributed by atoms with van der Waals surface area (Å²) in [6.45, 7) is 4.82. The second-order valence-corrected chi connectivity index (χ2v) is 9.61. The Hall–Kier alpha value is -4.77. The molecule has 1 amide bonds. The van der Waals surface area contributed by atoms with Crippen molar-refractivity contribution in [2.45, 2.75) is 39.4 Å². The number of allylic oxidation sites excluding steroid dienone is 1. The normalized spacial score (nSPS) is 13.6. The molecular formula is C30H31N7O3. The number of hydrogen-bond donors (Lipinski definition) is 3. The smallest absolute Gasteiger partial charge is 0.259 e. The molecule has 40 heavy (non-hydrogen) atoms. The van der Waals surface area contributed by atoms with Gasteiger partial charge in [-0.25, -0.2) is 4.98 Å². The van der Waals surface area contributed by atoms with Crippen LogP contribution >= 0.6 is 0 Å². The Morgan fingerprint density at radius 2 is 1.80 bits per heavy atom. The molecular weight excluding hydrogens is 506 g/mol. The minimum atomic E-state index is -0.422. The van der Waals surface area contributed by atoms with Crippen LogP contribution in [0, 0.1) is 36.5 Å². The number of methoxy groups -OCH3 is 1. The fourth-order valence-corrected chi connectivity index (χ4v) is 4.65. The van der Waals surface area contributed by atoms with Gasteiger partial charge in [-0.15, -0.1) is 0 Å². The van der Waals surface area contributed by atoms with Crippen LogP contribution in [0.4, 0.5) is 23.1 Å². The average molecular weight is 538 g/mol. The minimum absolute atomic E-state index is 0.0760. The summed E-state index contributed by atoms with van der Waals surface area (Å²) in [4.78, 5) is 24.9. The first-order chi connectivity index (χ1) is 19.3. The van der Waals surface area contributed by atoms with E-state index in [0.29, 0.717) is 54.3 Å². The van der Waals surface area contributed by atoms with Crippen LogP contribution in [0.1, 0.15) is 51.1 Å². The highest BCUT2D eigenvalue weighted by molar-refractivity contribution is 6.01. The summed E-state index contributed by atoms with van der Waals surface area (Å²) in [5.41, 5.74) is 5.40. The van der Waals surface area contributed by atoms with Gasteiger partial charge in [0.15, 0.2) is 0 Å². The first-order valence-corrected chi connectivity index (χ1v) is 12.9. The third-order valence-electron chi connectivity index (χ3n) is 6.65. The molecule has 0 radical (unpaired) electrons.